The maximum Gasteiger partial charge on any atom is 0.410 e. The predicted octanol–water partition coefficient (Wildman–Crippen LogP) is 7.57. The number of ether oxygens (including phenoxy) is 2. The lowest BCUT2D eigenvalue weighted by atomic mass is 9.96. The number of benzene rings is 2. The van der Waals surface area contributed by atoms with Crippen molar-refractivity contribution in [3.8, 4) is 0 Å². The number of amides is 3. The number of hydrogen-bond acceptors (Lipinski definition) is 5. The van der Waals surface area contributed by atoms with Crippen molar-refractivity contribution in [1.82, 2.24) is 9.80 Å². The van der Waals surface area contributed by atoms with Crippen molar-refractivity contribution < 1.29 is 32.6 Å². The smallest absolute Gasteiger partial charge is 0.410 e. The van der Waals surface area contributed by atoms with Crippen molar-refractivity contribution in [2.24, 2.45) is 0 Å². The minimum Gasteiger partial charge on any atom is -0.444 e. The van der Waals surface area contributed by atoms with E-state index in [2.05, 4.69) is 5.32 Å². The van der Waals surface area contributed by atoms with Crippen LogP contribution in [0.3, 0.4) is 0 Å². The number of anilines is 1. The van der Waals surface area contributed by atoms with Gasteiger partial charge in [0.1, 0.15) is 22.8 Å². The third-order valence-corrected chi connectivity index (χ3v) is 7.21. The summed E-state index contributed by atoms with van der Waals surface area (Å²) in [5, 5.41) is 2.70. The van der Waals surface area contributed by atoms with Gasteiger partial charge in [0.05, 0.1) is 0 Å². The first-order chi connectivity index (χ1) is 20.5. The number of aryl methyl sites for hydroxylation is 1. The maximum absolute atomic E-state index is 15.2. The summed E-state index contributed by atoms with van der Waals surface area (Å²) in [7, 11) is 0. The lowest BCUT2D eigenvalue weighted by Crippen LogP contribution is -2.39. The van der Waals surface area contributed by atoms with Gasteiger partial charge in [-0.2, -0.15) is 0 Å². The molecule has 10 heteroatoms. The molecule has 2 aromatic rings. The lowest BCUT2D eigenvalue weighted by Gasteiger charge is -2.30. The molecule has 2 heterocycles. The van der Waals surface area contributed by atoms with E-state index in [-0.39, 0.29) is 11.3 Å². The zero-order chi connectivity index (χ0) is 32.4. The highest BCUT2D eigenvalue weighted by Gasteiger charge is 2.26. The summed E-state index contributed by atoms with van der Waals surface area (Å²) in [4.78, 5) is 40.8. The molecule has 3 amide bonds. The normalized spacial score (nSPS) is 15.8. The van der Waals surface area contributed by atoms with Crippen LogP contribution in [-0.2, 0) is 9.47 Å². The first kappa shape index (κ1) is 32.7. The van der Waals surface area contributed by atoms with Gasteiger partial charge in [-0.1, -0.05) is 18.2 Å². The zero-order valence-corrected chi connectivity index (χ0v) is 26.5. The van der Waals surface area contributed by atoms with E-state index in [1.54, 1.807) is 76.5 Å². The molecule has 0 radical (unpaired) electrons. The van der Waals surface area contributed by atoms with Gasteiger partial charge in [-0.25, -0.2) is 18.4 Å². The lowest BCUT2D eigenvalue weighted by molar-refractivity contribution is 0.0260. The second-order valence-electron chi connectivity index (χ2n) is 13.1. The second kappa shape index (κ2) is 12.8. The summed E-state index contributed by atoms with van der Waals surface area (Å²) >= 11 is 0. The van der Waals surface area contributed by atoms with E-state index in [0.29, 0.717) is 55.7 Å². The van der Waals surface area contributed by atoms with Crippen LogP contribution >= 0.6 is 0 Å². The molecular formula is C34H41F2N3O5. The molecule has 0 aromatic heterocycles. The predicted molar refractivity (Wildman–Crippen MR) is 166 cm³/mol. The monoisotopic (exact) mass is 609 g/mol. The minimum atomic E-state index is -0.601. The van der Waals surface area contributed by atoms with Crippen molar-refractivity contribution in [2.75, 3.05) is 31.5 Å². The van der Waals surface area contributed by atoms with Crippen molar-refractivity contribution in [2.45, 2.75) is 72.5 Å². The molecule has 0 unspecified atom stereocenters. The maximum atomic E-state index is 15.2. The Balaban J connectivity index is 1.41. The van der Waals surface area contributed by atoms with E-state index in [9.17, 15) is 14.4 Å². The summed E-state index contributed by atoms with van der Waals surface area (Å²) in [6, 6.07) is 7.16. The van der Waals surface area contributed by atoms with Crippen LogP contribution in [-0.4, -0.2) is 65.3 Å². The Morgan fingerprint density at radius 2 is 1.25 bits per heavy atom. The number of nitrogens with one attached hydrogen (secondary N) is 1. The number of carbonyl (C=O) groups excluding carboxylic acids is 3. The summed E-state index contributed by atoms with van der Waals surface area (Å²) in [5.41, 5.74) is 2.11. The molecule has 2 aromatic carbocycles. The number of rotatable bonds is 4. The largest absolute Gasteiger partial charge is 0.444 e. The summed E-state index contributed by atoms with van der Waals surface area (Å²) in [6.45, 7) is 14.0. The fourth-order valence-corrected chi connectivity index (χ4v) is 4.99. The fourth-order valence-electron chi connectivity index (χ4n) is 4.99. The summed E-state index contributed by atoms with van der Waals surface area (Å²) < 4.78 is 41.2. The first-order valence-corrected chi connectivity index (χ1v) is 14.8. The van der Waals surface area contributed by atoms with Gasteiger partial charge in [0, 0.05) is 48.6 Å². The highest BCUT2D eigenvalue weighted by atomic mass is 19.1. The molecule has 0 saturated carbocycles. The molecule has 0 fully saturated rings. The van der Waals surface area contributed by atoms with E-state index in [4.69, 9.17) is 9.47 Å². The standard InChI is InChI=1S/C34H41F2N3O5/c1-21-18-26(23-12-16-39(17-13-23)32(42)44-34(5,6)7)28(36)20-29(21)37-30(40)24-8-9-25(27(35)19-24)22-10-14-38(15-11-22)31(41)43-33(2,3)4/h8-10,12,18-20H,11,13-17H2,1-7H3,(H,37,40). The summed E-state index contributed by atoms with van der Waals surface area (Å²) in [5.74, 6) is -1.63. The Labute approximate surface area is 257 Å². The third-order valence-electron chi connectivity index (χ3n) is 7.21. The Bertz CT molecular complexity index is 1520. The van der Waals surface area contributed by atoms with E-state index < -0.39 is 40.9 Å². The quantitative estimate of drug-likeness (QED) is 0.386. The van der Waals surface area contributed by atoms with E-state index in [1.165, 1.54) is 12.1 Å². The molecule has 8 nitrogen and oxygen atoms in total. The Morgan fingerprint density at radius 1 is 0.750 bits per heavy atom. The van der Waals surface area contributed by atoms with E-state index >= 15 is 8.78 Å². The minimum absolute atomic E-state index is 0.0964. The van der Waals surface area contributed by atoms with Gasteiger partial charge < -0.3 is 24.6 Å². The van der Waals surface area contributed by atoms with Crippen LogP contribution in [0.5, 0.6) is 0 Å². The second-order valence-corrected chi connectivity index (χ2v) is 13.1. The molecule has 236 valence electrons. The molecule has 4 rings (SSSR count). The number of hydrogen-bond donors (Lipinski definition) is 1. The topological polar surface area (TPSA) is 88.2 Å². The van der Waals surface area contributed by atoms with E-state index in [0.717, 1.165) is 17.2 Å². The van der Waals surface area contributed by atoms with Crippen LogP contribution in [0.25, 0.3) is 11.1 Å². The van der Waals surface area contributed by atoms with Crippen LogP contribution < -0.4 is 5.32 Å². The van der Waals surface area contributed by atoms with Crippen molar-refractivity contribution >= 4 is 34.9 Å². The van der Waals surface area contributed by atoms with Crippen LogP contribution in [0.15, 0.2) is 42.5 Å². The molecule has 2 aliphatic heterocycles. The molecular weight excluding hydrogens is 568 g/mol. The zero-order valence-electron chi connectivity index (χ0n) is 26.5. The number of nitrogens with zero attached hydrogens (tertiary/aromatic N) is 2. The fraction of sp³-hybridized carbons (Fsp3) is 0.441. The van der Waals surface area contributed by atoms with E-state index in [1.807, 2.05) is 6.08 Å². The average Bonchev–Trinajstić information content (AvgIpc) is 2.93. The van der Waals surface area contributed by atoms with Crippen molar-refractivity contribution in [1.29, 1.82) is 0 Å². The number of halogens is 2. The van der Waals surface area contributed by atoms with Crippen LogP contribution in [0.4, 0.5) is 24.1 Å². The molecule has 2 aliphatic rings. The van der Waals surface area contributed by atoms with Gasteiger partial charge in [-0.05, 0) is 102 Å². The molecule has 0 aliphatic carbocycles. The Kier molecular flexibility index (Phi) is 9.51. The van der Waals surface area contributed by atoms with Crippen LogP contribution in [0, 0.1) is 18.6 Å². The Hall–Kier alpha value is -4.21. The van der Waals surface area contributed by atoms with Gasteiger partial charge in [0.15, 0.2) is 0 Å². The van der Waals surface area contributed by atoms with Crippen LogP contribution in [0.1, 0.15) is 81.4 Å². The van der Waals surface area contributed by atoms with Crippen LogP contribution in [0.2, 0.25) is 0 Å². The van der Waals surface area contributed by atoms with Gasteiger partial charge in [0.2, 0.25) is 0 Å². The molecule has 44 heavy (non-hydrogen) atoms. The Morgan fingerprint density at radius 3 is 1.70 bits per heavy atom. The van der Waals surface area contributed by atoms with Crippen molar-refractivity contribution in [3.63, 3.8) is 0 Å². The third kappa shape index (κ3) is 8.24. The molecule has 1 N–H and O–H groups in total. The molecule has 0 saturated heterocycles. The first-order valence-electron chi connectivity index (χ1n) is 14.8. The molecule has 0 bridgehead atoms. The molecule has 0 spiro atoms. The highest BCUT2D eigenvalue weighted by Crippen LogP contribution is 2.31. The average molecular weight is 610 g/mol. The number of carbonyl (C=O) groups is 3. The highest BCUT2D eigenvalue weighted by molar-refractivity contribution is 6.05. The van der Waals surface area contributed by atoms with Crippen molar-refractivity contribution in [3.05, 3.63) is 76.4 Å². The van der Waals surface area contributed by atoms with Gasteiger partial charge in [-0.3, -0.25) is 4.79 Å². The molecule has 0 atom stereocenters. The summed E-state index contributed by atoms with van der Waals surface area (Å²) in [6.07, 6.45) is 3.68. The van der Waals surface area contributed by atoms with Gasteiger partial charge in [-0.15, -0.1) is 0 Å². The SMILES string of the molecule is Cc1cc(C2=CCN(C(=O)OC(C)(C)C)CC2)c(F)cc1NC(=O)c1ccc(C2=CCN(C(=O)OC(C)(C)C)CC2)c(F)c1. The van der Waals surface area contributed by atoms with Gasteiger partial charge in [0.25, 0.3) is 5.91 Å². The van der Waals surface area contributed by atoms with Gasteiger partial charge >= 0.3 is 12.2 Å².